The number of fused-ring (bicyclic) bond motifs is 1. The lowest BCUT2D eigenvalue weighted by molar-refractivity contribution is -0.143. The molecule has 2 heterocycles. The summed E-state index contributed by atoms with van der Waals surface area (Å²) in [5, 5.41) is 49.7. The van der Waals surface area contributed by atoms with E-state index < -0.39 is 146 Å². The number of primary amides is 2. The Morgan fingerprint density at radius 1 is 0.646 bits per heavy atom. The van der Waals surface area contributed by atoms with Crippen LogP contribution in [0.15, 0.2) is 0 Å². The molecule has 0 aromatic heterocycles. The first-order valence-electron chi connectivity index (χ1n) is 21.6. The number of carbonyl (C=O) groups excluding carboxylic acids is 9. The van der Waals surface area contributed by atoms with Crippen molar-refractivity contribution in [2.75, 3.05) is 5.75 Å². The first-order valence-corrected chi connectivity index (χ1v) is 22.6. The second-order valence-corrected chi connectivity index (χ2v) is 18.3. The van der Waals surface area contributed by atoms with Crippen LogP contribution in [0, 0.1) is 11.8 Å². The molecule has 2 aliphatic rings. The zero-order valence-corrected chi connectivity index (χ0v) is 38.1. The second kappa shape index (κ2) is 26.9. The van der Waals surface area contributed by atoms with Gasteiger partial charge in [0, 0.05) is 36.7 Å². The molecular formula is C40H66N10O14S. The minimum atomic E-state index is -1.66. The molecule has 0 unspecified atom stereocenters. The normalized spacial score (nSPS) is 19.7. The van der Waals surface area contributed by atoms with Gasteiger partial charge in [-0.3, -0.25) is 43.2 Å². The predicted octanol–water partition coefficient (Wildman–Crippen LogP) is -2.82. The number of aliphatic hydroxyl groups excluding tert-OH is 1. The fraction of sp³-hybridized carbons (Fsp3) is 0.725. The highest BCUT2D eigenvalue weighted by molar-refractivity contribution is 8.00. The predicted molar refractivity (Wildman–Crippen MR) is 233 cm³/mol. The van der Waals surface area contributed by atoms with Crippen molar-refractivity contribution in [2.45, 2.75) is 165 Å². The van der Waals surface area contributed by atoms with Gasteiger partial charge in [0.1, 0.15) is 36.3 Å². The van der Waals surface area contributed by atoms with E-state index in [4.69, 9.17) is 11.5 Å². The largest absolute Gasteiger partial charge is 0.481 e. The van der Waals surface area contributed by atoms with E-state index in [-0.39, 0.29) is 42.1 Å². The van der Waals surface area contributed by atoms with Crippen LogP contribution in [0.4, 0.5) is 4.79 Å². The number of nitrogens with two attached hydrogens (primary N) is 2. The van der Waals surface area contributed by atoms with Gasteiger partial charge in [0.2, 0.25) is 47.3 Å². The number of aliphatic carboxylic acids is 2. The van der Waals surface area contributed by atoms with Crippen LogP contribution < -0.4 is 54.0 Å². The number of unbranched alkanes of at least 4 members (excludes halogenated alkanes) is 1. The van der Waals surface area contributed by atoms with Crippen molar-refractivity contribution in [3.05, 3.63) is 0 Å². The number of rotatable bonds is 30. The molecule has 10 atom stereocenters. The molecule has 65 heavy (non-hydrogen) atoms. The Balaban J connectivity index is 2.20. The molecule has 366 valence electrons. The van der Waals surface area contributed by atoms with Crippen LogP contribution in [-0.2, 0) is 47.9 Å². The molecule has 24 nitrogen and oxygen atoms in total. The zero-order valence-electron chi connectivity index (χ0n) is 37.3. The van der Waals surface area contributed by atoms with Crippen LogP contribution in [0.3, 0.4) is 0 Å². The Labute approximate surface area is 380 Å². The van der Waals surface area contributed by atoms with Gasteiger partial charge in [-0.25, -0.2) is 9.59 Å². The van der Waals surface area contributed by atoms with Crippen LogP contribution in [0.2, 0.25) is 0 Å². The summed E-state index contributed by atoms with van der Waals surface area (Å²) in [5.74, 6) is -10.2. The maximum atomic E-state index is 13.8. The summed E-state index contributed by atoms with van der Waals surface area (Å²) >= 11 is 1.74. The van der Waals surface area contributed by atoms with Gasteiger partial charge in [-0.05, 0) is 57.3 Å². The summed E-state index contributed by atoms with van der Waals surface area (Å²) < 4.78 is 0. The molecule has 0 spiro atoms. The van der Waals surface area contributed by atoms with E-state index in [0.29, 0.717) is 12.8 Å². The summed E-state index contributed by atoms with van der Waals surface area (Å²) in [7, 11) is 0. The molecule has 2 fully saturated rings. The van der Waals surface area contributed by atoms with E-state index in [1.807, 2.05) is 0 Å². The van der Waals surface area contributed by atoms with Gasteiger partial charge in [0.05, 0.1) is 18.2 Å². The van der Waals surface area contributed by atoms with Gasteiger partial charge in [-0.2, -0.15) is 11.8 Å². The number of carboxylic acids is 2. The smallest absolute Gasteiger partial charge is 0.326 e. The fourth-order valence-electron chi connectivity index (χ4n) is 7.12. The number of urea groups is 1. The number of thioether (sulfide) groups is 1. The van der Waals surface area contributed by atoms with Crippen molar-refractivity contribution in [1.29, 1.82) is 0 Å². The standard InChI is InChI=1S/C40H66N10O14S/c1-18(2)16-24(39(62)63)46-36(59)23(12-15-30(55)56)44-34(57)21(10-13-27(41)52)43-35(58)22(11-14-28(42)53)45-37(60)31(19(3)4)49-38(61)32(20(5)51)48-29(54)9-7-6-8-26-33-25(17-65-26)47-40(64)50-33/h18-26,31-33,51H,6-17H2,1-5H3,(H2,41,52)(H2,42,53)(H,43,58)(H,44,57)(H,45,60)(H,46,59)(H,48,54)(H,49,61)(H,55,56)(H,62,63)(H2,47,50,64)/t20-,21+,22+,23+,24+,25+,26+,31+,32+,33+/m1/s1. The minimum Gasteiger partial charge on any atom is -0.481 e. The van der Waals surface area contributed by atoms with Gasteiger partial charge in [0.15, 0.2) is 0 Å². The van der Waals surface area contributed by atoms with E-state index in [1.54, 1.807) is 39.5 Å². The summed E-state index contributed by atoms with van der Waals surface area (Å²) in [6, 6.07) is -9.31. The van der Waals surface area contributed by atoms with Gasteiger partial charge in [-0.15, -0.1) is 0 Å². The Morgan fingerprint density at radius 2 is 1.14 bits per heavy atom. The molecule has 10 amide bonds. The van der Waals surface area contributed by atoms with Crippen molar-refractivity contribution in [3.63, 3.8) is 0 Å². The molecule has 25 heteroatoms. The maximum absolute atomic E-state index is 13.8. The quantitative estimate of drug-likeness (QED) is 0.0255. The number of hydrogen-bond donors (Lipinski definition) is 13. The minimum absolute atomic E-state index is 0.000476. The zero-order chi connectivity index (χ0) is 49.1. The number of amides is 10. The Kier molecular flexibility index (Phi) is 22.9. The van der Waals surface area contributed by atoms with Crippen molar-refractivity contribution < 1.29 is 68.1 Å². The van der Waals surface area contributed by atoms with Crippen LogP contribution >= 0.6 is 11.8 Å². The number of aliphatic hydroxyl groups is 1. The molecule has 0 radical (unpaired) electrons. The SMILES string of the molecule is CC(C)C[C@H](NC(=O)[C@H](CCC(=O)O)NC(=O)[C@H](CCC(N)=O)NC(=O)[C@H](CCC(N)=O)NC(=O)[C@@H](NC(=O)[C@@H](NC(=O)CCCC[C@@H]1SC[C@@H]2NC(=O)N[C@@H]21)[C@@H](C)O)C(C)C)C(=O)O. The van der Waals surface area contributed by atoms with Crippen LogP contribution in [0.5, 0.6) is 0 Å². The van der Waals surface area contributed by atoms with Crippen molar-refractivity contribution in [3.8, 4) is 0 Å². The summed E-state index contributed by atoms with van der Waals surface area (Å²) in [5.41, 5.74) is 10.6. The fourth-order valence-corrected chi connectivity index (χ4v) is 8.67. The van der Waals surface area contributed by atoms with E-state index >= 15 is 0 Å². The molecule has 15 N–H and O–H groups in total. The highest BCUT2D eigenvalue weighted by atomic mass is 32.2. The summed E-state index contributed by atoms with van der Waals surface area (Å²) in [6.07, 6.45) is -2.50. The number of carbonyl (C=O) groups is 11. The maximum Gasteiger partial charge on any atom is 0.326 e. The monoisotopic (exact) mass is 942 g/mol. The third kappa shape index (κ3) is 19.5. The third-order valence-corrected chi connectivity index (χ3v) is 12.1. The highest BCUT2D eigenvalue weighted by Crippen LogP contribution is 2.33. The molecule has 2 aliphatic heterocycles. The summed E-state index contributed by atoms with van der Waals surface area (Å²) in [6.45, 7) is 7.79. The van der Waals surface area contributed by atoms with Crippen LogP contribution in [0.25, 0.3) is 0 Å². The third-order valence-electron chi connectivity index (χ3n) is 10.6. The van der Waals surface area contributed by atoms with Gasteiger partial charge in [-0.1, -0.05) is 34.1 Å². The lowest BCUT2D eigenvalue weighted by Crippen LogP contribution is -2.61. The number of carboxylic acid groups (broad SMARTS) is 2. The molecule has 2 saturated heterocycles. The first kappa shape index (κ1) is 55.4. The van der Waals surface area contributed by atoms with Gasteiger partial charge < -0.3 is 69.3 Å². The van der Waals surface area contributed by atoms with E-state index in [0.717, 1.165) is 12.2 Å². The van der Waals surface area contributed by atoms with E-state index in [1.165, 1.54) is 6.92 Å². The van der Waals surface area contributed by atoms with Gasteiger partial charge in [0.25, 0.3) is 0 Å². The van der Waals surface area contributed by atoms with E-state index in [2.05, 4.69) is 42.5 Å². The average molecular weight is 943 g/mol. The molecule has 0 bridgehead atoms. The lowest BCUT2D eigenvalue weighted by Gasteiger charge is -2.29. The summed E-state index contributed by atoms with van der Waals surface area (Å²) in [4.78, 5) is 139. The molecular weight excluding hydrogens is 877 g/mol. The van der Waals surface area contributed by atoms with Crippen molar-refractivity contribution in [2.24, 2.45) is 23.3 Å². The van der Waals surface area contributed by atoms with E-state index in [9.17, 15) is 68.1 Å². The second-order valence-electron chi connectivity index (χ2n) is 17.0. The Bertz CT molecular complexity index is 1750. The Morgan fingerprint density at radius 3 is 1.60 bits per heavy atom. The highest BCUT2D eigenvalue weighted by Gasteiger charge is 2.43. The average Bonchev–Trinajstić information content (AvgIpc) is 3.76. The molecule has 2 rings (SSSR count). The molecule has 0 aromatic carbocycles. The lowest BCUT2D eigenvalue weighted by atomic mass is 10.0. The molecule has 0 aliphatic carbocycles. The number of nitrogens with one attached hydrogen (secondary N) is 8. The topological polar surface area (TPSA) is 397 Å². The van der Waals surface area contributed by atoms with Crippen LogP contribution in [-0.4, -0.2) is 146 Å². The molecule has 0 aromatic rings. The van der Waals surface area contributed by atoms with Crippen molar-refractivity contribution in [1.82, 2.24) is 42.5 Å². The first-order chi connectivity index (χ1) is 30.4. The van der Waals surface area contributed by atoms with Crippen molar-refractivity contribution >= 4 is 77.0 Å². The van der Waals surface area contributed by atoms with Crippen LogP contribution in [0.1, 0.15) is 105 Å². The number of hydrogen-bond acceptors (Lipinski definition) is 13. The molecule has 0 saturated carbocycles. The van der Waals surface area contributed by atoms with Gasteiger partial charge >= 0.3 is 18.0 Å². The Hall–Kier alpha value is -5.72.